The minimum atomic E-state index is 0.526. The van der Waals surface area contributed by atoms with E-state index in [9.17, 15) is 0 Å². The fourth-order valence-corrected chi connectivity index (χ4v) is 5.05. The Bertz CT molecular complexity index is 230. The largest absolute Gasteiger partial charge is 0.327 e. The molecule has 5 atom stereocenters. The lowest BCUT2D eigenvalue weighted by molar-refractivity contribution is 0.310. The number of rotatable bonds is 4. The molecule has 2 bridgehead atoms. The first-order valence-corrected chi connectivity index (χ1v) is 7.03. The third-order valence-electron chi connectivity index (χ3n) is 5.83. The van der Waals surface area contributed by atoms with E-state index < -0.39 is 0 Å². The average Bonchev–Trinajstić information content (AvgIpc) is 2.69. The van der Waals surface area contributed by atoms with Crippen LogP contribution in [0.4, 0.5) is 0 Å². The van der Waals surface area contributed by atoms with Crippen molar-refractivity contribution in [2.24, 2.45) is 41.2 Å². The molecular formula is C14H25N. The van der Waals surface area contributed by atoms with Gasteiger partial charge in [0.25, 0.3) is 0 Å². The molecule has 0 aromatic heterocycles. The molecule has 2 N–H and O–H groups in total. The van der Waals surface area contributed by atoms with Gasteiger partial charge in [0.2, 0.25) is 0 Å². The van der Waals surface area contributed by atoms with Gasteiger partial charge in [-0.3, -0.25) is 0 Å². The van der Waals surface area contributed by atoms with Crippen molar-refractivity contribution in [3.05, 3.63) is 0 Å². The normalized spacial score (nSPS) is 48.4. The van der Waals surface area contributed by atoms with Crippen LogP contribution in [0.5, 0.6) is 0 Å². The summed E-state index contributed by atoms with van der Waals surface area (Å²) in [5.74, 6) is 6.04. The van der Waals surface area contributed by atoms with Crippen molar-refractivity contribution in [3.63, 3.8) is 0 Å². The third kappa shape index (κ3) is 1.32. The molecule has 86 valence electrons. The van der Waals surface area contributed by atoms with Crippen molar-refractivity contribution in [2.45, 2.75) is 52.0 Å². The summed E-state index contributed by atoms with van der Waals surface area (Å²) in [5, 5.41) is 0. The van der Waals surface area contributed by atoms with Gasteiger partial charge in [-0.1, -0.05) is 26.7 Å². The van der Waals surface area contributed by atoms with Gasteiger partial charge in [-0.05, 0) is 54.8 Å². The summed E-state index contributed by atoms with van der Waals surface area (Å²) in [7, 11) is 0. The molecule has 3 aliphatic carbocycles. The zero-order chi connectivity index (χ0) is 10.6. The van der Waals surface area contributed by atoms with Crippen LogP contribution < -0.4 is 5.73 Å². The van der Waals surface area contributed by atoms with E-state index in [1.54, 1.807) is 6.42 Å². The lowest BCUT2D eigenvalue weighted by Gasteiger charge is -2.24. The van der Waals surface area contributed by atoms with Gasteiger partial charge in [0.1, 0.15) is 0 Å². The molecule has 3 aliphatic rings. The van der Waals surface area contributed by atoms with Crippen LogP contribution in [0.25, 0.3) is 0 Å². The van der Waals surface area contributed by atoms with Crippen molar-refractivity contribution in [3.8, 4) is 0 Å². The molecule has 0 saturated heterocycles. The predicted molar refractivity (Wildman–Crippen MR) is 63.3 cm³/mol. The molecule has 0 aromatic carbocycles. The van der Waals surface area contributed by atoms with E-state index in [2.05, 4.69) is 13.8 Å². The van der Waals surface area contributed by atoms with Crippen molar-refractivity contribution in [2.75, 3.05) is 0 Å². The highest BCUT2D eigenvalue weighted by molar-refractivity contribution is 5.15. The maximum atomic E-state index is 6.49. The third-order valence-corrected chi connectivity index (χ3v) is 5.83. The van der Waals surface area contributed by atoms with Crippen LogP contribution in [0.15, 0.2) is 0 Å². The van der Waals surface area contributed by atoms with Crippen LogP contribution >= 0.6 is 0 Å². The molecule has 0 heterocycles. The average molecular weight is 207 g/mol. The highest BCUT2D eigenvalue weighted by atomic mass is 14.8. The Morgan fingerprint density at radius 2 is 1.60 bits per heavy atom. The minimum Gasteiger partial charge on any atom is -0.327 e. The summed E-state index contributed by atoms with van der Waals surface area (Å²) >= 11 is 0. The lowest BCUT2D eigenvalue weighted by Crippen LogP contribution is -2.34. The Balaban J connectivity index is 1.66. The Hall–Kier alpha value is -0.0400. The summed E-state index contributed by atoms with van der Waals surface area (Å²) < 4.78 is 0. The number of nitrogens with two attached hydrogens (primary N) is 1. The standard InChI is InChI=1S/C14H25N/c1-3-8(4-2)14(15)13-11-9-5-6-10(7-9)12(11)13/h8-14H,3-7,15H2,1-2H3. The van der Waals surface area contributed by atoms with E-state index in [4.69, 9.17) is 5.73 Å². The molecule has 5 unspecified atom stereocenters. The fraction of sp³-hybridized carbons (Fsp3) is 1.00. The summed E-state index contributed by atoms with van der Waals surface area (Å²) in [5.41, 5.74) is 6.49. The Labute approximate surface area is 93.8 Å². The van der Waals surface area contributed by atoms with Gasteiger partial charge in [-0.15, -0.1) is 0 Å². The van der Waals surface area contributed by atoms with Crippen molar-refractivity contribution >= 4 is 0 Å². The Morgan fingerprint density at radius 1 is 1.07 bits per heavy atom. The molecule has 1 nitrogen and oxygen atoms in total. The van der Waals surface area contributed by atoms with E-state index in [0.29, 0.717) is 6.04 Å². The second-order valence-corrected chi connectivity index (χ2v) is 6.22. The van der Waals surface area contributed by atoms with E-state index in [0.717, 1.165) is 35.5 Å². The summed E-state index contributed by atoms with van der Waals surface area (Å²) in [6, 6.07) is 0.526. The van der Waals surface area contributed by atoms with Crippen LogP contribution in [0.1, 0.15) is 46.0 Å². The van der Waals surface area contributed by atoms with Gasteiger partial charge in [0.15, 0.2) is 0 Å². The van der Waals surface area contributed by atoms with Gasteiger partial charge < -0.3 is 5.73 Å². The molecule has 3 saturated carbocycles. The molecule has 3 rings (SSSR count). The number of hydrogen-bond acceptors (Lipinski definition) is 1. The Morgan fingerprint density at radius 3 is 2.07 bits per heavy atom. The molecule has 0 amide bonds. The van der Waals surface area contributed by atoms with Crippen LogP contribution in [-0.2, 0) is 0 Å². The van der Waals surface area contributed by atoms with E-state index in [-0.39, 0.29) is 0 Å². The van der Waals surface area contributed by atoms with E-state index in [1.807, 2.05) is 0 Å². The summed E-state index contributed by atoms with van der Waals surface area (Å²) in [6.45, 7) is 4.61. The predicted octanol–water partition coefficient (Wildman–Crippen LogP) is 3.04. The first-order valence-electron chi connectivity index (χ1n) is 7.03. The van der Waals surface area contributed by atoms with Crippen LogP contribution in [0.2, 0.25) is 0 Å². The smallest absolute Gasteiger partial charge is 0.0101 e. The second-order valence-electron chi connectivity index (χ2n) is 6.22. The maximum absolute atomic E-state index is 6.49. The van der Waals surface area contributed by atoms with Gasteiger partial charge >= 0.3 is 0 Å². The molecule has 0 spiro atoms. The number of hydrogen-bond donors (Lipinski definition) is 1. The molecule has 0 aromatic rings. The van der Waals surface area contributed by atoms with Gasteiger partial charge in [-0.2, -0.15) is 0 Å². The van der Waals surface area contributed by atoms with Gasteiger partial charge in [0.05, 0.1) is 0 Å². The second kappa shape index (κ2) is 3.48. The maximum Gasteiger partial charge on any atom is 0.0101 e. The van der Waals surface area contributed by atoms with Gasteiger partial charge in [-0.25, -0.2) is 0 Å². The summed E-state index contributed by atoms with van der Waals surface area (Å²) in [4.78, 5) is 0. The first-order chi connectivity index (χ1) is 7.27. The van der Waals surface area contributed by atoms with Crippen LogP contribution in [0, 0.1) is 35.5 Å². The quantitative estimate of drug-likeness (QED) is 0.753. The lowest BCUT2D eigenvalue weighted by atomic mass is 9.87. The van der Waals surface area contributed by atoms with Crippen LogP contribution in [0.3, 0.4) is 0 Å². The first kappa shape index (κ1) is 10.1. The summed E-state index contributed by atoms with van der Waals surface area (Å²) in [6.07, 6.45) is 7.17. The van der Waals surface area contributed by atoms with E-state index >= 15 is 0 Å². The Kier molecular flexibility index (Phi) is 2.35. The van der Waals surface area contributed by atoms with Crippen molar-refractivity contribution in [1.82, 2.24) is 0 Å². The van der Waals surface area contributed by atoms with E-state index in [1.165, 1.54) is 25.7 Å². The zero-order valence-electron chi connectivity index (χ0n) is 10.2. The fourth-order valence-electron chi connectivity index (χ4n) is 5.05. The molecule has 1 heteroatoms. The SMILES string of the molecule is CCC(CC)C(N)C1C2C3CCC(C3)C21. The van der Waals surface area contributed by atoms with Crippen molar-refractivity contribution < 1.29 is 0 Å². The topological polar surface area (TPSA) is 26.0 Å². The minimum absolute atomic E-state index is 0.526. The highest BCUT2D eigenvalue weighted by Crippen LogP contribution is 2.70. The van der Waals surface area contributed by atoms with Gasteiger partial charge in [0, 0.05) is 6.04 Å². The highest BCUT2D eigenvalue weighted by Gasteiger charge is 2.66. The molecule has 0 radical (unpaired) electrons. The van der Waals surface area contributed by atoms with Crippen molar-refractivity contribution in [1.29, 1.82) is 0 Å². The molecular weight excluding hydrogens is 182 g/mol. The monoisotopic (exact) mass is 207 g/mol. The molecule has 0 aliphatic heterocycles. The molecule has 15 heavy (non-hydrogen) atoms. The molecule has 3 fully saturated rings. The van der Waals surface area contributed by atoms with Crippen LogP contribution in [-0.4, -0.2) is 6.04 Å². The zero-order valence-corrected chi connectivity index (χ0v) is 10.2. The number of fused-ring (bicyclic) bond motifs is 5.